The average molecular weight is 481 g/mol. The van der Waals surface area contributed by atoms with Crippen LogP contribution in [-0.2, 0) is 9.47 Å². The summed E-state index contributed by atoms with van der Waals surface area (Å²) in [7, 11) is 0. The molecular formula is C20H40IN3O2. The molecule has 2 rings (SSSR count). The lowest BCUT2D eigenvalue weighted by Crippen LogP contribution is -2.45. The standard InChI is InChI=1S/C20H39N3O2.HI/c1-3-6-17-7-9-19(10-8-17)23-20(21-4-2)22-12-5-13-24-15-18-11-14-25-16-18;/h17-19H,3-16H2,1-2H3,(H2,21,22,23);1H. The first-order valence-electron chi connectivity index (χ1n) is 10.5. The summed E-state index contributed by atoms with van der Waals surface area (Å²) in [5.74, 6) is 2.53. The minimum Gasteiger partial charge on any atom is -0.381 e. The molecule has 0 aromatic heterocycles. The Labute approximate surface area is 177 Å². The van der Waals surface area contributed by atoms with E-state index in [1.54, 1.807) is 0 Å². The molecule has 0 aromatic carbocycles. The van der Waals surface area contributed by atoms with Crippen molar-refractivity contribution >= 4 is 29.9 Å². The van der Waals surface area contributed by atoms with Crippen LogP contribution in [0.15, 0.2) is 4.99 Å². The molecule has 0 radical (unpaired) electrons. The number of guanidine groups is 1. The van der Waals surface area contributed by atoms with Gasteiger partial charge < -0.3 is 20.1 Å². The smallest absolute Gasteiger partial charge is 0.191 e. The summed E-state index contributed by atoms with van der Waals surface area (Å²) in [5.41, 5.74) is 0. The van der Waals surface area contributed by atoms with Gasteiger partial charge in [0.1, 0.15) is 0 Å². The maximum Gasteiger partial charge on any atom is 0.191 e. The minimum atomic E-state index is 0. The van der Waals surface area contributed by atoms with E-state index in [0.717, 1.165) is 64.2 Å². The lowest BCUT2D eigenvalue weighted by atomic mass is 9.83. The zero-order valence-electron chi connectivity index (χ0n) is 16.8. The number of aliphatic imine (C=N–C) groups is 1. The molecule has 0 aromatic rings. The van der Waals surface area contributed by atoms with Crippen molar-refractivity contribution in [1.82, 2.24) is 10.6 Å². The van der Waals surface area contributed by atoms with Crippen LogP contribution in [0.5, 0.6) is 0 Å². The van der Waals surface area contributed by atoms with Crippen LogP contribution in [0, 0.1) is 11.8 Å². The Kier molecular flexibility index (Phi) is 13.7. The van der Waals surface area contributed by atoms with Crippen molar-refractivity contribution in [2.45, 2.75) is 71.3 Å². The zero-order chi connectivity index (χ0) is 17.7. The predicted molar refractivity (Wildman–Crippen MR) is 120 cm³/mol. The fraction of sp³-hybridized carbons (Fsp3) is 0.950. The maximum absolute atomic E-state index is 5.75. The van der Waals surface area contributed by atoms with Gasteiger partial charge in [0.25, 0.3) is 0 Å². The lowest BCUT2D eigenvalue weighted by molar-refractivity contribution is 0.0893. The number of rotatable bonds is 10. The van der Waals surface area contributed by atoms with Gasteiger partial charge in [-0.3, -0.25) is 4.99 Å². The van der Waals surface area contributed by atoms with Gasteiger partial charge in [0.2, 0.25) is 0 Å². The molecule has 1 saturated carbocycles. The molecule has 1 unspecified atom stereocenters. The minimum absolute atomic E-state index is 0. The largest absolute Gasteiger partial charge is 0.381 e. The SMILES string of the molecule is CCCC1CCC(NC(=NCCCOCC2CCOC2)NCC)CC1.I. The second kappa shape index (κ2) is 14.9. The van der Waals surface area contributed by atoms with Crippen molar-refractivity contribution in [2.75, 3.05) is 39.5 Å². The molecule has 154 valence electrons. The van der Waals surface area contributed by atoms with E-state index in [1.807, 2.05) is 0 Å². The van der Waals surface area contributed by atoms with Crippen molar-refractivity contribution in [3.05, 3.63) is 0 Å². The summed E-state index contributed by atoms with van der Waals surface area (Å²) in [6.45, 7) is 9.55. The first-order chi connectivity index (χ1) is 12.3. The summed E-state index contributed by atoms with van der Waals surface area (Å²) in [5, 5.41) is 7.02. The summed E-state index contributed by atoms with van der Waals surface area (Å²) < 4.78 is 11.1. The number of hydrogen-bond acceptors (Lipinski definition) is 3. The topological polar surface area (TPSA) is 54.9 Å². The Hall–Kier alpha value is -0.0800. The molecule has 5 nitrogen and oxygen atoms in total. The molecule has 1 aliphatic carbocycles. The van der Waals surface area contributed by atoms with Crippen LogP contribution < -0.4 is 10.6 Å². The summed E-state index contributed by atoms with van der Waals surface area (Å²) in [4.78, 5) is 4.72. The van der Waals surface area contributed by atoms with Crippen molar-refractivity contribution in [3.63, 3.8) is 0 Å². The highest BCUT2D eigenvalue weighted by Crippen LogP contribution is 2.27. The van der Waals surface area contributed by atoms with Gasteiger partial charge in [0.05, 0.1) is 13.2 Å². The van der Waals surface area contributed by atoms with Crippen LogP contribution >= 0.6 is 24.0 Å². The quantitative estimate of drug-likeness (QED) is 0.215. The van der Waals surface area contributed by atoms with Gasteiger partial charge in [0.15, 0.2) is 5.96 Å². The van der Waals surface area contributed by atoms with Gasteiger partial charge in [-0.15, -0.1) is 24.0 Å². The number of ether oxygens (including phenoxy) is 2. The second-order valence-electron chi connectivity index (χ2n) is 7.57. The van der Waals surface area contributed by atoms with Gasteiger partial charge in [0, 0.05) is 38.3 Å². The highest BCUT2D eigenvalue weighted by Gasteiger charge is 2.21. The van der Waals surface area contributed by atoms with E-state index >= 15 is 0 Å². The van der Waals surface area contributed by atoms with E-state index in [1.165, 1.54) is 38.5 Å². The number of nitrogens with zero attached hydrogens (tertiary/aromatic N) is 1. The third-order valence-electron chi connectivity index (χ3n) is 5.32. The number of nitrogens with one attached hydrogen (secondary N) is 2. The molecule has 6 heteroatoms. The molecular weight excluding hydrogens is 441 g/mol. The molecule has 2 aliphatic rings. The first kappa shape index (κ1) is 24.0. The van der Waals surface area contributed by atoms with E-state index in [4.69, 9.17) is 14.5 Å². The van der Waals surface area contributed by atoms with Crippen LogP contribution in [0.25, 0.3) is 0 Å². The maximum atomic E-state index is 5.75. The number of halogens is 1. The Morgan fingerprint density at radius 2 is 1.92 bits per heavy atom. The van der Waals surface area contributed by atoms with Gasteiger partial charge in [-0.1, -0.05) is 19.8 Å². The van der Waals surface area contributed by atoms with Crippen molar-refractivity contribution in [2.24, 2.45) is 16.8 Å². The Bertz CT molecular complexity index is 368. The van der Waals surface area contributed by atoms with Crippen molar-refractivity contribution < 1.29 is 9.47 Å². The normalized spacial score (nSPS) is 26.4. The summed E-state index contributed by atoms with van der Waals surface area (Å²) in [6, 6.07) is 0.588. The molecule has 1 atom stereocenters. The van der Waals surface area contributed by atoms with Crippen molar-refractivity contribution in [1.29, 1.82) is 0 Å². The molecule has 1 saturated heterocycles. The molecule has 26 heavy (non-hydrogen) atoms. The Morgan fingerprint density at radius 1 is 1.12 bits per heavy atom. The zero-order valence-corrected chi connectivity index (χ0v) is 19.1. The van der Waals surface area contributed by atoms with Crippen LogP contribution in [0.1, 0.15) is 65.2 Å². The highest BCUT2D eigenvalue weighted by molar-refractivity contribution is 14.0. The molecule has 0 amide bonds. The molecule has 1 aliphatic heterocycles. The molecule has 0 spiro atoms. The van der Waals surface area contributed by atoms with Gasteiger partial charge in [-0.25, -0.2) is 0 Å². The van der Waals surface area contributed by atoms with E-state index in [2.05, 4.69) is 24.5 Å². The Balaban J connectivity index is 0.00000338. The number of hydrogen-bond donors (Lipinski definition) is 2. The highest BCUT2D eigenvalue weighted by atomic mass is 127. The molecule has 2 N–H and O–H groups in total. The van der Waals surface area contributed by atoms with E-state index in [-0.39, 0.29) is 24.0 Å². The predicted octanol–water partition coefficient (Wildman–Crippen LogP) is 3.96. The van der Waals surface area contributed by atoms with Crippen molar-refractivity contribution in [3.8, 4) is 0 Å². The molecule has 0 bridgehead atoms. The van der Waals surface area contributed by atoms with Crippen LogP contribution in [0.2, 0.25) is 0 Å². The lowest BCUT2D eigenvalue weighted by Gasteiger charge is -2.30. The summed E-state index contributed by atoms with van der Waals surface area (Å²) in [6.07, 6.45) is 10.1. The second-order valence-corrected chi connectivity index (χ2v) is 7.57. The fourth-order valence-electron chi connectivity index (χ4n) is 3.84. The van der Waals surface area contributed by atoms with Crippen LogP contribution in [0.3, 0.4) is 0 Å². The Morgan fingerprint density at radius 3 is 2.58 bits per heavy atom. The van der Waals surface area contributed by atoms with Gasteiger partial charge in [-0.2, -0.15) is 0 Å². The third kappa shape index (κ3) is 9.74. The van der Waals surface area contributed by atoms with Crippen LogP contribution in [0.4, 0.5) is 0 Å². The summed E-state index contributed by atoms with van der Waals surface area (Å²) >= 11 is 0. The van der Waals surface area contributed by atoms with E-state index in [0.29, 0.717) is 12.0 Å². The monoisotopic (exact) mass is 481 g/mol. The van der Waals surface area contributed by atoms with Crippen LogP contribution in [-0.4, -0.2) is 51.5 Å². The molecule has 2 fully saturated rings. The van der Waals surface area contributed by atoms with Gasteiger partial charge in [-0.05, 0) is 51.4 Å². The van der Waals surface area contributed by atoms with E-state index < -0.39 is 0 Å². The third-order valence-corrected chi connectivity index (χ3v) is 5.32. The van der Waals surface area contributed by atoms with Gasteiger partial charge >= 0.3 is 0 Å². The fourth-order valence-corrected chi connectivity index (χ4v) is 3.84. The average Bonchev–Trinajstić information content (AvgIpc) is 3.13. The molecule has 1 heterocycles. The van der Waals surface area contributed by atoms with E-state index in [9.17, 15) is 0 Å². The first-order valence-corrected chi connectivity index (χ1v) is 10.5.